The number of fused-ring (bicyclic) bond motifs is 1. The van der Waals surface area contributed by atoms with Crippen molar-refractivity contribution in [3.05, 3.63) is 64.8 Å². The van der Waals surface area contributed by atoms with Crippen molar-refractivity contribution in [2.24, 2.45) is 5.73 Å². The van der Waals surface area contributed by atoms with Gasteiger partial charge < -0.3 is 10.2 Å². The lowest BCUT2D eigenvalue weighted by Gasteiger charge is -2.08. The standard InChI is InChI=1S/C16H14BrNOS/c17-12-5-7-13(8-6-12)20-10-14(18)16-9-11-3-1-2-4-15(11)19-16/h1-9,14H,10,18H2. The third kappa shape index (κ3) is 3.08. The first kappa shape index (κ1) is 13.7. The molecule has 0 radical (unpaired) electrons. The zero-order valence-corrected chi connectivity index (χ0v) is 13.2. The van der Waals surface area contributed by atoms with E-state index in [0.717, 1.165) is 27.0 Å². The highest BCUT2D eigenvalue weighted by Crippen LogP contribution is 2.28. The highest BCUT2D eigenvalue weighted by atomic mass is 79.9. The Morgan fingerprint density at radius 1 is 1.10 bits per heavy atom. The monoisotopic (exact) mass is 347 g/mol. The van der Waals surface area contributed by atoms with E-state index < -0.39 is 0 Å². The van der Waals surface area contributed by atoms with Gasteiger partial charge in [-0.3, -0.25) is 0 Å². The Hall–Kier alpha value is -1.23. The largest absolute Gasteiger partial charge is 0.459 e. The lowest BCUT2D eigenvalue weighted by atomic mass is 10.2. The van der Waals surface area contributed by atoms with Gasteiger partial charge in [-0.2, -0.15) is 0 Å². The van der Waals surface area contributed by atoms with Gasteiger partial charge in [0.15, 0.2) is 0 Å². The summed E-state index contributed by atoms with van der Waals surface area (Å²) in [7, 11) is 0. The van der Waals surface area contributed by atoms with Gasteiger partial charge in [0.1, 0.15) is 11.3 Å². The van der Waals surface area contributed by atoms with Crippen LogP contribution in [0.3, 0.4) is 0 Å². The van der Waals surface area contributed by atoms with Crippen LogP contribution in [0.1, 0.15) is 11.8 Å². The average molecular weight is 348 g/mol. The van der Waals surface area contributed by atoms with Gasteiger partial charge in [0, 0.05) is 20.5 Å². The van der Waals surface area contributed by atoms with Gasteiger partial charge in [-0.15, -0.1) is 11.8 Å². The zero-order valence-electron chi connectivity index (χ0n) is 10.8. The lowest BCUT2D eigenvalue weighted by Crippen LogP contribution is -2.11. The highest BCUT2D eigenvalue weighted by molar-refractivity contribution is 9.10. The van der Waals surface area contributed by atoms with Gasteiger partial charge in [-0.25, -0.2) is 0 Å². The Labute approximate surface area is 130 Å². The fraction of sp³-hybridized carbons (Fsp3) is 0.125. The van der Waals surface area contributed by atoms with E-state index in [4.69, 9.17) is 10.2 Å². The minimum absolute atomic E-state index is 0.101. The molecule has 2 aromatic carbocycles. The summed E-state index contributed by atoms with van der Waals surface area (Å²) < 4.78 is 6.88. The smallest absolute Gasteiger partial charge is 0.134 e. The summed E-state index contributed by atoms with van der Waals surface area (Å²) in [6.07, 6.45) is 0. The molecule has 4 heteroatoms. The molecule has 20 heavy (non-hydrogen) atoms. The van der Waals surface area contributed by atoms with Gasteiger partial charge in [0.2, 0.25) is 0 Å². The number of furan rings is 1. The van der Waals surface area contributed by atoms with Crippen molar-refractivity contribution >= 4 is 38.7 Å². The molecule has 1 aromatic heterocycles. The molecule has 1 unspecified atom stereocenters. The van der Waals surface area contributed by atoms with Crippen LogP contribution < -0.4 is 5.73 Å². The van der Waals surface area contributed by atoms with E-state index in [2.05, 4.69) is 28.1 Å². The van der Waals surface area contributed by atoms with Crippen LogP contribution in [-0.2, 0) is 0 Å². The first-order chi connectivity index (χ1) is 9.72. The summed E-state index contributed by atoms with van der Waals surface area (Å²) in [6, 6.07) is 18.1. The number of para-hydroxylation sites is 1. The van der Waals surface area contributed by atoms with E-state index in [9.17, 15) is 0 Å². The average Bonchev–Trinajstić information content (AvgIpc) is 2.90. The van der Waals surface area contributed by atoms with Gasteiger partial charge in [0.05, 0.1) is 6.04 Å². The number of rotatable bonds is 4. The third-order valence-corrected chi connectivity index (χ3v) is 4.71. The second kappa shape index (κ2) is 6.04. The molecule has 3 aromatic rings. The van der Waals surface area contributed by atoms with Crippen molar-refractivity contribution in [3.63, 3.8) is 0 Å². The number of thioether (sulfide) groups is 1. The quantitative estimate of drug-likeness (QED) is 0.676. The van der Waals surface area contributed by atoms with Crippen LogP contribution >= 0.6 is 27.7 Å². The van der Waals surface area contributed by atoms with Gasteiger partial charge in [-0.1, -0.05) is 34.1 Å². The molecule has 102 valence electrons. The van der Waals surface area contributed by atoms with E-state index in [1.165, 1.54) is 4.90 Å². The number of hydrogen-bond donors (Lipinski definition) is 1. The molecule has 2 nitrogen and oxygen atoms in total. The molecule has 0 amide bonds. The molecule has 0 saturated carbocycles. The lowest BCUT2D eigenvalue weighted by molar-refractivity contribution is 0.516. The molecule has 0 aliphatic carbocycles. The van der Waals surface area contributed by atoms with Crippen LogP contribution in [0, 0.1) is 0 Å². The van der Waals surface area contributed by atoms with Crippen molar-refractivity contribution in [2.45, 2.75) is 10.9 Å². The van der Waals surface area contributed by atoms with Gasteiger partial charge >= 0.3 is 0 Å². The summed E-state index contributed by atoms with van der Waals surface area (Å²) in [5.74, 6) is 1.64. The summed E-state index contributed by atoms with van der Waals surface area (Å²) in [4.78, 5) is 1.21. The van der Waals surface area contributed by atoms with E-state index >= 15 is 0 Å². The molecule has 0 spiro atoms. The Morgan fingerprint density at radius 2 is 1.85 bits per heavy atom. The Bertz CT molecular complexity index is 675. The van der Waals surface area contributed by atoms with Crippen LogP contribution in [0.4, 0.5) is 0 Å². The van der Waals surface area contributed by atoms with Crippen molar-refractivity contribution in [1.29, 1.82) is 0 Å². The van der Waals surface area contributed by atoms with Crippen LogP contribution in [0.5, 0.6) is 0 Å². The summed E-state index contributed by atoms with van der Waals surface area (Å²) in [5.41, 5.74) is 7.11. The zero-order chi connectivity index (χ0) is 13.9. The first-order valence-corrected chi connectivity index (χ1v) is 8.12. The molecule has 0 bridgehead atoms. The third-order valence-electron chi connectivity index (χ3n) is 3.05. The highest BCUT2D eigenvalue weighted by Gasteiger charge is 2.12. The molecule has 0 fully saturated rings. The van der Waals surface area contributed by atoms with E-state index in [1.807, 2.05) is 42.5 Å². The van der Waals surface area contributed by atoms with Crippen molar-refractivity contribution < 1.29 is 4.42 Å². The summed E-state index contributed by atoms with van der Waals surface area (Å²) >= 11 is 5.17. The number of benzene rings is 2. The predicted octanol–water partition coefficient (Wildman–Crippen LogP) is 4.99. The SMILES string of the molecule is NC(CSc1ccc(Br)cc1)c1cc2ccccc2o1. The molecule has 0 saturated heterocycles. The minimum Gasteiger partial charge on any atom is -0.459 e. The van der Waals surface area contributed by atoms with Crippen molar-refractivity contribution in [3.8, 4) is 0 Å². The predicted molar refractivity (Wildman–Crippen MR) is 88.0 cm³/mol. The van der Waals surface area contributed by atoms with Crippen LogP contribution in [0.15, 0.2) is 68.4 Å². The fourth-order valence-electron chi connectivity index (χ4n) is 1.98. The Morgan fingerprint density at radius 3 is 2.60 bits per heavy atom. The number of nitrogens with two attached hydrogens (primary N) is 1. The Kier molecular flexibility index (Phi) is 4.15. The molecule has 3 rings (SSSR count). The van der Waals surface area contributed by atoms with Crippen LogP contribution in [0.2, 0.25) is 0 Å². The fourth-order valence-corrected chi connectivity index (χ4v) is 3.11. The maximum Gasteiger partial charge on any atom is 0.134 e. The molecular formula is C16H14BrNOS. The molecule has 0 aliphatic heterocycles. The molecular weight excluding hydrogens is 334 g/mol. The molecule has 0 aliphatic rings. The van der Waals surface area contributed by atoms with E-state index in [-0.39, 0.29) is 6.04 Å². The van der Waals surface area contributed by atoms with Gasteiger partial charge in [-0.05, 0) is 36.4 Å². The first-order valence-electron chi connectivity index (χ1n) is 6.35. The van der Waals surface area contributed by atoms with E-state index in [1.54, 1.807) is 11.8 Å². The van der Waals surface area contributed by atoms with Crippen LogP contribution in [-0.4, -0.2) is 5.75 Å². The van der Waals surface area contributed by atoms with Gasteiger partial charge in [0.25, 0.3) is 0 Å². The van der Waals surface area contributed by atoms with Crippen molar-refractivity contribution in [1.82, 2.24) is 0 Å². The van der Waals surface area contributed by atoms with Crippen molar-refractivity contribution in [2.75, 3.05) is 5.75 Å². The second-order valence-corrected chi connectivity index (χ2v) is 6.57. The maximum atomic E-state index is 6.21. The normalized spacial score (nSPS) is 12.7. The topological polar surface area (TPSA) is 39.2 Å². The second-order valence-electron chi connectivity index (χ2n) is 4.56. The van der Waals surface area contributed by atoms with Crippen LogP contribution in [0.25, 0.3) is 11.0 Å². The molecule has 2 N–H and O–H groups in total. The Balaban J connectivity index is 1.69. The number of halogens is 1. The van der Waals surface area contributed by atoms with E-state index in [0.29, 0.717) is 0 Å². The number of hydrogen-bond acceptors (Lipinski definition) is 3. The summed E-state index contributed by atoms with van der Waals surface area (Å²) in [6.45, 7) is 0. The molecule has 1 atom stereocenters. The maximum absolute atomic E-state index is 6.21. The minimum atomic E-state index is -0.101. The summed E-state index contributed by atoms with van der Waals surface area (Å²) in [5, 5.41) is 1.10. The molecule has 1 heterocycles.